The Balaban J connectivity index is 0.00000169. The summed E-state index contributed by atoms with van der Waals surface area (Å²) in [6.07, 6.45) is 4.87. The van der Waals surface area contributed by atoms with Gasteiger partial charge in [-0.15, -0.1) is 12.4 Å². The zero-order valence-corrected chi connectivity index (χ0v) is 14.2. The maximum Gasteiger partial charge on any atom is 0.250 e. The third-order valence-corrected chi connectivity index (χ3v) is 4.61. The van der Waals surface area contributed by atoms with Crippen LogP contribution in [0.1, 0.15) is 28.3 Å². The monoisotopic (exact) mass is 345 g/mol. The van der Waals surface area contributed by atoms with Gasteiger partial charge in [-0.05, 0) is 36.6 Å². The van der Waals surface area contributed by atoms with Crippen molar-refractivity contribution in [1.82, 2.24) is 20.1 Å². The number of hydrogen-bond donors (Lipinski definition) is 3. The Morgan fingerprint density at radius 2 is 2.25 bits per heavy atom. The topological polar surface area (TPSA) is 88.7 Å². The molecule has 3 heterocycles. The molecule has 6 nitrogen and oxygen atoms in total. The van der Waals surface area contributed by atoms with E-state index in [1.165, 1.54) is 5.56 Å². The number of aromatic amines is 1. The molecule has 1 saturated heterocycles. The molecule has 0 radical (unpaired) electrons. The molecule has 1 amide bonds. The van der Waals surface area contributed by atoms with E-state index < -0.39 is 5.91 Å². The molecule has 0 aliphatic carbocycles. The van der Waals surface area contributed by atoms with E-state index in [-0.39, 0.29) is 12.4 Å². The van der Waals surface area contributed by atoms with Gasteiger partial charge < -0.3 is 16.0 Å². The molecular formula is C17H20ClN5O. The second-order valence-corrected chi connectivity index (χ2v) is 6.13. The fourth-order valence-electron chi connectivity index (χ4n) is 3.44. The number of benzene rings is 1. The van der Waals surface area contributed by atoms with Crippen LogP contribution in [0, 0.1) is 0 Å². The Bertz CT molecular complexity index is 892. The highest BCUT2D eigenvalue weighted by Gasteiger charge is 2.22. The second-order valence-electron chi connectivity index (χ2n) is 6.13. The Hall–Kier alpha value is -2.31. The third-order valence-electron chi connectivity index (χ3n) is 4.61. The van der Waals surface area contributed by atoms with Gasteiger partial charge >= 0.3 is 0 Å². The summed E-state index contributed by atoms with van der Waals surface area (Å²) in [4.78, 5) is 15.1. The summed E-state index contributed by atoms with van der Waals surface area (Å²) in [6.45, 7) is 2.00. The Morgan fingerprint density at radius 3 is 2.88 bits per heavy atom. The Labute approximate surface area is 145 Å². The standard InChI is InChI=1S/C17H19N5O.ClH/c1-22-9-11(8-20-22)15-6-14-12(10-4-5-19-7-10)2-3-13(17(18)23)16(14)21-15;/h2-3,6,8-10,19,21H,4-5,7H2,1H3,(H2,18,23);1H. The largest absolute Gasteiger partial charge is 0.366 e. The zero-order valence-electron chi connectivity index (χ0n) is 13.4. The normalized spacial score (nSPS) is 17.1. The molecule has 1 aromatic carbocycles. The zero-order chi connectivity index (χ0) is 16.0. The molecule has 0 spiro atoms. The minimum absolute atomic E-state index is 0. The van der Waals surface area contributed by atoms with Crippen LogP contribution < -0.4 is 11.1 Å². The molecule has 3 aromatic rings. The number of hydrogen-bond acceptors (Lipinski definition) is 3. The molecule has 0 saturated carbocycles. The van der Waals surface area contributed by atoms with Crippen molar-refractivity contribution in [3.63, 3.8) is 0 Å². The first-order valence-electron chi connectivity index (χ1n) is 7.78. The van der Waals surface area contributed by atoms with Crippen LogP contribution in [0.4, 0.5) is 0 Å². The van der Waals surface area contributed by atoms with Gasteiger partial charge in [-0.3, -0.25) is 9.48 Å². The van der Waals surface area contributed by atoms with Crippen molar-refractivity contribution in [3.8, 4) is 11.3 Å². The first-order chi connectivity index (χ1) is 11.1. The van der Waals surface area contributed by atoms with Gasteiger partial charge in [0, 0.05) is 36.4 Å². The highest BCUT2D eigenvalue weighted by atomic mass is 35.5. The first kappa shape index (κ1) is 16.5. The molecule has 2 aromatic heterocycles. The average Bonchev–Trinajstić information content (AvgIpc) is 3.25. The minimum Gasteiger partial charge on any atom is -0.366 e. The number of amides is 1. The number of nitrogens with zero attached hydrogens (tertiary/aromatic N) is 2. The van der Waals surface area contributed by atoms with Crippen molar-refractivity contribution in [3.05, 3.63) is 41.7 Å². The van der Waals surface area contributed by atoms with Crippen molar-refractivity contribution < 1.29 is 4.79 Å². The van der Waals surface area contributed by atoms with Crippen LogP contribution in [-0.4, -0.2) is 33.8 Å². The summed E-state index contributed by atoms with van der Waals surface area (Å²) in [7, 11) is 1.89. The van der Waals surface area contributed by atoms with E-state index in [0.717, 1.165) is 41.7 Å². The smallest absolute Gasteiger partial charge is 0.250 e. The van der Waals surface area contributed by atoms with E-state index in [1.807, 2.05) is 31.6 Å². The first-order valence-corrected chi connectivity index (χ1v) is 7.78. The predicted molar refractivity (Wildman–Crippen MR) is 96.5 cm³/mol. The number of carbonyl (C=O) groups is 1. The van der Waals surface area contributed by atoms with Crippen molar-refractivity contribution in [2.45, 2.75) is 12.3 Å². The van der Waals surface area contributed by atoms with Crippen LogP contribution in [0.5, 0.6) is 0 Å². The lowest BCUT2D eigenvalue weighted by Gasteiger charge is -2.11. The molecule has 1 aliphatic rings. The lowest BCUT2D eigenvalue weighted by Crippen LogP contribution is -2.12. The number of nitrogens with two attached hydrogens (primary N) is 1. The fourth-order valence-corrected chi connectivity index (χ4v) is 3.44. The molecule has 4 rings (SSSR count). The predicted octanol–water partition coefficient (Wildman–Crippen LogP) is 2.17. The molecule has 0 bridgehead atoms. The summed E-state index contributed by atoms with van der Waals surface area (Å²) in [5.41, 5.74) is 10.1. The maximum absolute atomic E-state index is 11.8. The summed E-state index contributed by atoms with van der Waals surface area (Å²) in [5, 5.41) is 8.69. The summed E-state index contributed by atoms with van der Waals surface area (Å²) in [5.74, 6) is 0.0580. The number of carbonyl (C=O) groups excluding carboxylic acids is 1. The lowest BCUT2D eigenvalue weighted by atomic mass is 9.93. The van der Waals surface area contributed by atoms with Crippen molar-refractivity contribution in [2.24, 2.45) is 12.8 Å². The fraction of sp³-hybridized carbons (Fsp3) is 0.294. The van der Waals surface area contributed by atoms with E-state index in [0.29, 0.717) is 11.5 Å². The summed E-state index contributed by atoms with van der Waals surface area (Å²) >= 11 is 0. The van der Waals surface area contributed by atoms with Gasteiger partial charge in [0.25, 0.3) is 5.91 Å². The quantitative estimate of drug-likeness (QED) is 0.679. The van der Waals surface area contributed by atoms with Crippen LogP contribution in [-0.2, 0) is 7.05 Å². The maximum atomic E-state index is 11.8. The van der Waals surface area contributed by atoms with Crippen LogP contribution in [0.15, 0.2) is 30.6 Å². The number of fused-ring (bicyclic) bond motifs is 1. The van der Waals surface area contributed by atoms with Crippen LogP contribution in [0.25, 0.3) is 22.2 Å². The van der Waals surface area contributed by atoms with Gasteiger partial charge in [-0.2, -0.15) is 5.10 Å². The van der Waals surface area contributed by atoms with Crippen LogP contribution >= 0.6 is 12.4 Å². The molecule has 1 fully saturated rings. The van der Waals surface area contributed by atoms with E-state index in [4.69, 9.17) is 5.73 Å². The SMILES string of the molecule is Cl.Cn1cc(-c2cc3c(C4CCNC4)ccc(C(N)=O)c3[nH]2)cn1. The number of rotatable bonds is 3. The van der Waals surface area contributed by atoms with Gasteiger partial charge in [0.15, 0.2) is 0 Å². The van der Waals surface area contributed by atoms with Crippen LogP contribution in [0.2, 0.25) is 0 Å². The summed E-state index contributed by atoms with van der Waals surface area (Å²) < 4.78 is 1.76. The number of aryl methyl sites for hydroxylation is 1. The lowest BCUT2D eigenvalue weighted by molar-refractivity contribution is 0.100. The number of aromatic nitrogens is 3. The number of nitrogens with one attached hydrogen (secondary N) is 2. The van der Waals surface area contributed by atoms with E-state index in [2.05, 4.69) is 21.5 Å². The Morgan fingerprint density at radius 1 is 1.42 bits per heavy atom. The molecule has 1 aliphatic heterocycles. The Kier molecular flexibility index (Phi) is 4.34. The molecule has 1 unspecified atom stereocenters. The molecule has 4 N–H and O–H groups in total. The van der Waals surface area contributed by atoms with Crippen molar-refractivity contribution in [1.29, 1.82) is 0 Å². The number of H-pyrrole nitrogens is 1. The molecule has 126 valence electrons. The van der Waals surface area contributed by atoms with Crippen molar-refractivity contribution in [2.75, 3.05) is 13.1 Å². The van der Waals surface area contributed by atoms with E-state index in [9.17, 15) is 4.79 Å². The molecular weight excluding hydrogens is 326 g/mol. The van der Waals surface area contributed by atoms with E-state index in [1.54, 1.807) is 4.68 Å². The van der Waals surface area contributed by atoms with Gasteiger partial charge in [0.1, 0.15) is 0 Å². The van der Waals surface area contributed by atoms with Gasteiger partial charge in [-0.1, -0.05) is 6.07 Å². The molecule has 24 heavy (non-hydrogen) atoms. The van der Waals surface area contributed by atoms with Gasteiger partial charge in [-0.25, -0.2) is 0 Å². The van der Waals surface area contributed by atoms with Gasteiger partial charge in [0.05, 0.1) is 17.3 Å². The average molecular weight is 346 g/mol. The highest BCUT2D eigenvalue weighted by Crippen LogP contribution is 2.34. The number of halogens is 1. The van der Waals surface area contributed by atoms with Crippen LogP contribution in [0.3, 0.4) is 0 Å². The van der Waals surface area contributed by atoms with Crippen molar-refractivity contribution >= 4 is 29.2 Å². The number of primary amides is 1. The minimum atomic E-state index is -0.411. The molecule has 7 heteroatoms. The van der Waals surface area contributed by atoms with E-state index >= 15 is 0 Å². The highest BCUT2D eigenvalue weighted by molar-refractivity contribution is 6.07. The van der Waals surface area contributed by atoms with Gasteiger partial charge in [0.2, 0.25) is 0 Å². The second kappa shape index (κ2) is 6.30. The molecule has 1 atom stereocenters. The summed E-state index contributed by atoms with van der Waals surface area (Å²) in [6, 6.07) is 5.98. The third kappa shape index (κ3) is 2.68.